The molecule has 12 nitrogen and oxygen atoms in total. The summed E-state index contributed by atoms with van der Waals surface area (Å²) < 4.78 is 6.34. The molecule has 0 bridgehead atoms. The van der Waals surface area contributed by atoms with Crippen LogP contribution in [-0.4, -0.2) is 27.7 Å². The van der Waals surface area contributed by atoms with E-state index in [1.807, 2.05) is 0 Å². The number of rotatable bonds is 5. The van der Waals surface area contributed by atoms with Gasteiger partial charge in [-0.1, -0.05) is 15.9 Å². The lowest BCUT2D eigenvalue weighted by atomic mass is 10.1. The number of urea groups is 1. The zero-order chi connectivity index (χ0) is 25.4. The molecule has 0 spiro atoms. The van der Waals surface area contributed by atoms with Crippen molar-refractivity contribution in [1.82, 2.24) is 5.32 Å². The molecule has 3 aromatic rings. The fourth-order valence-corrected chi connectivity index (χ4v) is 3.62. The quantitative estimate of drug-likeness (QED) is 0.213. The number of nitro groups is 2. The van der Waals surface area contributed by atoms with Gasteiger partial charge < -0.3 is 4.42 Å². The summed E-state index contributed by atoms with van der Waals surface area (Å²) in [6.07, 6.45) is 1.10. The summed E-state index contributed by atoms with van der Waals surface area (Å²) in [6.45, 7) is 1.77. The molecule has 4 rings (SSSR count). The third-order valence-electron chi connectivity index (χ3n) is 5.07. The second-order valence-corrected chi connectivity index (χ2v) is 8.16. The van der Waals surface area contributed by atoms with E-state index in [-0.39, 0.29) is 22.8 Å². The number of carbonyl (C=O) groups is 3. The number of furan rings is 1. The van der Waals surface area contributed by atoms with Gasteiger partial charge in [-0.3, -0.25) is 35.1 Å². The van der Waals surface area contributed by atoms with E-state index in [1.54, 1.807) is 19.1 Å². The summed E-state index contributed by atoms with van der Waals surface area (Å²) in [4.78, 5) is 59.4. The number of carbonyl (C=O) groups excluding carboxylic acids is 3. The summed E-state index contributed by atoms with van der Waals surface area (Å²) in [7, 11) is 0. The molecule has 0 atom stereocenters. The number of nitrogens with one attached hydrogen (secondary N) is 1. The third-order valence-corrected chi connectivity index (χ3v) is 5.96. The van der Waals surface area contributed by atoms with Crippen LogP contribution in [0.2, 0.25) is 0 Å². The smallest absolute Gasteiger partial charge is 0.335 e. The maximum absolute atomic E-state index is 13.0. The summed E-state index contributed by atoms with van der Waals surface area (Å²) in [5.41, 5.74) is -0.455. The molecule has 176 valence electrons. The van der Waals surface area contributed by atoms with Crippen LogP contribution in [-0.2, 0) is 9.59 Å². The van der Waals surface area contributed by atoms with Crippen LogP contribution in [0.4, 0.5) is 21.9 Å². The Bertz CT molecular complexity index is 1480. The third kappa shape index (κ3) is 4.44. The highest BCUT2D eigenvalue weighted by Gasteiger charge is 2.37. The molecule has 1 aliphatic rings. The minimum absolute atomic E-state index is 0.00700. The van der Waals surface area contributed by atoms with Gasteiger partial charge in [-0.05, 0) is 55.0 Å². The molecular weight excluding hydrogens is 528 g/mol. The molecule has 1 saturated heterocycles. The number of nitrogens with zero attached hydrogens (tertiary/aromatic N) is 3. The SMILES string of the molecule is Cc1cc(N2C(=O)NC(=O)/C(=C\c3ccc(-c4ccc([N+](=O)[O-])cc4[N+](=O)[O-])o3)C2=O)ccc1Br. The number of hydrogen-bond donors (Lipinski definition) is 1. The molecular formula is C22H13BrN4O8. The van der Waals surface area contributed by atoms with Crippen molar-refractivity contribution in [3.05, 3.63) is 90.1 Å². The van der Waals surface area contributed by atoms with E-state index in [0.717, 1.165) is 33.1 Å². The second kappa shape index (κ2) is 8.95. The van der Waals surface area contributed by atoms with Gasteiger partial charge in [-0.15, -0.1) is 0 Å². The van der Waals surface area contributed by atoms with Gasteiger partial charge in [-0.2, -0.15) is 0 Å². The zero-order valence-corrected chi connectivity index (χ0v) is 19.3. The zero-order valence-electron chi connectivity index (χ0n) is 17.7. The van der Waals surface area contributed by atoms with E-state index in [1.165, 1.54) is 24.3 Å². The molecule has 0 radical (unpaired) electrons. The van der Waals surface area contributed by atoms with E-state index in [9.17, 15) is 34.6 Å². The van der Waals surface area contributed by atoms with Gasteiger partial charge in [0.25, 0.3) is 23.2 Å². The van der Waals surface area contributed by atoms with E-state index in [4.69, 9.17) is 4.42 Å². The minimum Gasteiger partial charge on any atom is -0.456 e. The van der Waals surface area contributed by atoms with Gasteiger partial charge in [0, 0.05) is 10.5 Å². The van der Waals surface area contributed by atoms with Gasteiger partial charge in [0.05, 0.1) is 27.2 Å². The molecule has 0 aliphatic carbocycles. The van der Waals surface area contributed by atoms with Gasteiger partial charge in [0.1, 0.15) is 17.1 Å². The van der Waals surface area contributed by atoms with Crippen molar-refractivity contribution >= 4 is 56.9 Å². The van der Waals surface area contributed by atoms with E-state index >= 15 is 0 Å². The Balaban J connectivity index is 1.71. The minimum atomic E-state index is -0.940. The number of hydrogen-bond acceptors (Lipinski definition) is 8. The van der Waals surface area contributed by atoms with Crippen LogP contribution in [0.1, 0.15) is 11.3 Å². The van der Waals surface area contributed by atoms with Crippen LogP contribution in [0.15, 0.2) is 63.0 Å². The van der Waals surface area contributed by atoms with Crippen LogP contribution < -0.4 is 10.2 Å². The Labute approximate surface area is 204 Å². The highest BCUT2D eigenvalue weighted by molar-refractivity contribution is 9.10. The van der Waals surface area contributed by atoms with Crippen molar-refractivity contribution in [3.63, 3.8) is 0 Å². The first-order valence-electron chi connectivity index (χ1n) is 9.77. The Morgan fingerprint density at radius 3 is 2.40 bits per heavy atom. The number of amides is 4. The Morgan fingerprint density at radius 2 is 1.74 bits per heavy atom. The molecule has 0 unspecified atom stereocenters. The fraction of sp³-hybridized carbons (Fsp3) is 0.0455. The summed E-state index contributed by atoms with van der Waals surface area (Å²) in [6, 6.07) is 9.63. The second-order valence-electron chi connectivity index (χ2n) is 7.31. The van der Waals surface area contributed by atoms with Crippen molar-refractivity contribution in [1.29, 1.82) is 0 Å². The predicted octanol–water partition coefficient (Wildman–Crippen LogP) is 4.50. The van der Waals surface area contributed by atoms with Crippen LogP contribution in [0.3, 0.4) is 0 Å². The lowest BCUT2D eigenvalue weighted by Gasteiger charge is -2.26. The Hall–Kier alpha value is -4.65. The molecule has 2 aromatic carbocycles. The largest absolute Gasteiger partial charge is 0.456 e. The molecule has 0 saturated carbocycles. The van der Waals surface area contributed by atoms with Gasteiger partial charge in [0.2, 0.25) is 0 Å². The van der Waals surface area contributed by atoms with Crippen molar-refractivity contribution < 1.29 is 28.6 Å². The highest BCUT2D eigenvalue weighted by Crippen LogP contribution is 2.35. The van der Waals surface area contributed by atoms with Crippen LogP contribution in [0.5, 0.6) is 0 Å². The van der Waals surface area contributed by atoms with Crippen molar-refractivity contribution in [2.75, 3.05) is 4.90 Å². The molecule has 1 fully saturated rings. The Morgan fingerprint density at radius 1 is 1.00 bits per heavy atom. The number of halogens is 1. The van der Waals surface area contributed by atoms with Gasteiger partial charge >= 0.3 is 6.03 Å². The monoisotopic (exact) mass is 540 g/mol. The first kappa shape index (κ1) is 23.5. The number of aryl methyl sites for hydroxylation is 1. The molecule has 2 heterocycles. The molecule has 13 heteroatoms. The van der Waals surface area contributed by atoms with Crippen LogP contribution >= 0.6 is 15.9 Å². The number of nitro benzene ring substituents is 2. The molecule has 1 aromatic heterocycles. The molecule has 1 N–H and O–H groups in total. The number of anilines is 1. The van der Waals surface area contributed by atoms with E-state index < -0.39 is 44.6 Å². The maximum atomic E-state index is 13.0. The number of imide groups is 2. The lowest BCUT2D eigenvalue weighted by Crippen LogP contribution is -2.54. The van der Waals surface area contributed by atoms with Crippen LogP contribution in [0, 0.1) is 27.2 Å². The highest BCUT2D eigenvalue weighted by atomic mass is 79.9. The fourth-order valence-electron chi connectivity index (χ4n) is 3.37. The van der Waals surface area contributed by atoms with Crippen LogP contribution in [0.25, 0.3) is 17.4 Å². The van der Waals surface area contributed by atoms with Crippen molar-refractivity contribution in [2.45, 2.75) is 6.92 Å². The normalized spacial score (nSPS) is 14.9. The molecule has 4 amide bonds. The van der Waals surface area contributed by atoms with Gasteiger partial charge in [-0.25, -0.2) is 9.69 Å². The molecule has 35 heavy (non-hydrogen) atoms. The predicted molar refractivity (Wildman–Crippen MR) is 125 cm³/mol. The molecule has 1 aliphatic heterocycles. The maximum Gasteiger partial charge on any atom is 0.335 e. The van der Waals surface area contributed by atoms with E-state index in [2.05, 4.69) is 21.2 Å². The lowest BCUT2D eigenvalue weighted by molar-refractivity contribution is -0.393. The first-order chi connectivity index (χ1) is 16.6. The summed E-state index contributed by atoms with van der Waals surface area (Å²) in [5, 5.41) is 24.5. The van der Waals surface area contributed by atoms with Gasteiger partial charge in [0.15, 0.2) is 0 Å². The average Bonchev–Trinajstić information content (AvgIpc) is 3.27. The van der Waals surface area contributed by atoms with Crippen molar-refractivity contribution in [2.24, 2.45) is 0 Å². The number of barbiturate groups is 1. The van der Waals surface area contributed by atoms with Crippen molar-refractivity contribution in [3.8, 4) is 11.3 Å². The number of benzene rings is 2. The van der Waals surface area contributed by atoms with E-state index in [0.29, 0.717) is 0 Å². The summed E-state index contributed by atoms with van der Waals surface area (Å²) >= 11 is 3.34. The summed E-state index contributed by atoms with van der Waals surface area (Å²) in [5.74, 6) is -1.85. The standard InChI is InChI=1S/C22H13BrN4O8/c1-11-8-12(3-6-17(11)23)25-21(29)16(20(28)24-22(25)30)10-14-4-7-19(35-14)15-5-2-13(26(31)32)9-18(15)27(33)34/h2-10H,1H3,(H,24,28,30)/b16-10+. The Kier molecular flexibility index (Phi) is 6.01. The first-order valence-corrected chi connectivity index (χ1v) is 10.6. The topological polar surface area (TPSA) is 166 Å². The average molecular weight is 541 g/mol. The number of non-ortho nitro benzene ring substituents is 1.